The molecule has 2 heterocycles. The molecule has 1 aromatic rings. The van der Waals surface area contributed by atoms with Crippen LogP contribution in [0.25, 0.3) is 0 Å². The topological polar surface area (TPSA) is 50.4 Å². The van der Waals surface area contributed by atoms with Crippen molar-refractivity contribution in [3.63, 3.8) is 0 Å². The number of thiophene rings is 1. The highest BCUT2D eigenvalue weighted by molar-refractivity contribution is 9.11. The molecule has 2 atom stereocenters. The van der Waals surface area contributed by atoms with Gasteiger partial charge < -0.3 is 15.4 Å². The van der Waals surface area contributed by atoms with E-state index in [0.717, 1.165) is 8.66 Å². The van der Waals surface area contributed by atoms with Crippen molar-refractivity contribution >= 4 is 33.2 Å². The molecule has 0 aliphatic carbocycles. The predicted molar refractivity (Wildman–Crippen MR) is 71.0 cm³/mol. The van der Waals surface area contributed by atoms with Gasteiger partial charge in [-0.25, -0.2) is 0 Å². The van der Waals surface area contributed by atoms with Gasteiger partial charge in [-0.05, 0) is 35.1 Å². The van der Waals surface area contributed by atoms with E-state index in [-0.39, 0.29) is 17.9 Å². The van der Waals surface area contributed by atoms with Crippen molar-refractivity contribution in [3.05, 3.63) is 20.8 Å². The van der Waals surface area contributed by atoms with E-state index in [1.165, 1.54) is 0 Å². The van der Waals surface area contributed by atoms with Crippen molar-refractivity contribution in [2.45, 2.75) is 12.6 Å². The summed E-state index contributed by atoms with van der Waals surface area (Å²) in [5.41, 5.74) is 0. The Hall–Kier alpha value is -0.430. The third-order valence-electron chi connectivity index (χ3n) is 2.85. The van der Waals surface area contributed by atoms with Gasteiger partial charge in [0, 0.05) is 10.9 Å². The highest BCUT2D eigenvalue weighted by atomic mass is 79.9. The Morgan fingerprint density at radius 2 is 2.41 bits per heavy atom. The van der Waals surface area contributed by atoms with Gasteiger partial charge in [0.15, 0.2) is 0 Å². The Balaban J connectivity index is 1.84. The molecule has 1 amide bonds. The maximum absolute atomic E-state index is 12.0. The molecule has 17 heavy (non-hydrogen) atoms. The lowest BCUT2D eigenvalue weighted by atomic mass is 10.0. The summed E-state index contributed by atoms with van der Waals surface area (Å²) in [6.45, 7) is 1.70. The molecule has 1 fully saturated rings. The van der Waals surface area contributed by atoms with E-state index in [1.54, 1.807) is 11.3 Å². The minimum absolute atomic E-state index is 0.0615. The molecular formula is C11H15BrN2O2S. The monoisotopic (exact) mass is 318 g/mol. The number of amides is 1. The van der Waals surface area contributed by atoms with Gasteiger partial charge in [-0.3, -0.25) is 4.79 Å². The van der Waals surface area contributed by atoms with E-state index in [4.69, 9.17) is 4.74 Å². The van der Waals surface area contributed by atoms with Crippen LogP contribution in [0.2, 0.25) is 0 Å². The number of ether oxygens (including phenoxy) is 1. The second kappa shape index (κ2) is 5.95. The number of carbonyl (C=O) groups is 1. The van der Waals surface area contributed by atoms with E-state index in [0.29, 0.717) is 19.8 Å². The van der Waals surface area contributed by atoms with E-state index >= 15 is 0 Å². The van der Waals surface area contributed by atoms with Crippen molar-refractivity contribution in [2.75, 3.05) is 20.3 Å². The first-order valence-corrected chi connectivity index (χ1v) is 7.08. The first-order valence-electron chi connectivity index (χ1n) is 5.47. The maximum Gasteiger partial charge on any atom is 0.227 e. The van der Waals surface area contributed by atoms with Crippen molar-refractivity contribution < 1.29 is 9.53 Å². The number of rotatable bonds is 4. The number of nitrogens with one attached hydrogen (secondary N) is 2. The van der Waals surface area contributed by atoms with Crippen LogP contribution in [0.3, 0.4) is 0 Å². The molecule has 1 aliphatic heterocycles. The maximum atomic E-state index is 12.0. The number of hydrogen-bond donors (Lipinski definition) is 2. The first kappa shape index (κ1) is 13.0. The fraction of sp³-hybridized carbons (Fsp3) is 0.545. The first-order chi connectivity index (χ1) is 8.20. The molecule has 1 aliphatic rings. The third-order valence-corrected chi connectivity index (χ3v) is 4.48. The molecule has 0 radical (unpaired) electrons. The minimum atomic E-state index is -0.0802. The second-order valence-electron chi connectivity index (χ2n) is 3.96. The summed E-state index contributed by atoms with van der Waals surface area (Å²) in [5.74, 6) is -0.0187. The summed E-state index contributed by atoms with van der Waals surface area (Å²) >= 11 is 5.04. The molecule has 6 heteroatoms. The fourth-order valence-electron chi connectivity index (χ4n) is 1.85. The van der Waals surface area contributed by atoms with E-state index in [9.17, 15) is 4.79 Å². The number of hydrogen-bond acceptors (Lipinski definition) is 4. The van der Waals surface area contributed by atoms with Crippen LogP contribution in [-0.2, 0) is 16.1 Å². The van der Waals surface area contributed by atoms with Crippen LogP contribution in [0, 0.1) is 5.92 Å². The summed E-state index contributed by atoms with van der Waals surface area (Å²) in [5, 5.41) is 6.06. The minimum Gasteiger partial charge on any atom is -0.379 e. The van der Waals surface area contributed by atoms with E-state index in [1.807, 2.05) is 19.2 Å². The van der Waals surface area contributed by atoms with Crippen LogP contribution in [0.5, 0.6) is 0 Å². The van der Waals surface area contributed by atoms with Gasteiger partial charge in [0.05, 0.1) is 29.5 Å². The van der Waals surface area contributed by atoms with Gasteiger partial charge >= 0.3 is 0 Å². The van der Waals surface area contributed by atoms with E-state index in [2.05, 4.69) is 26.6 Å². The lowest BCUT2D eigenvalue weighted by molar-refractivity contribution is -0.125. The highest BCUT2D eigenvalue weighted by Crippen LogP contribution is 2.22. The largest absolute Gasteiger partial charge is 0.379 e. The fourth-order valence-corrected chi connectivity index (χ4v) is 3.27. The Bertz CT molecular complexity index is 397. The molecule has 0 bridgehead atoms. The van der Waals surface area contributed by atoms with Gasteiger partial charge in [0.1, 0.15) is 0 Å². The molecule has 2 N–H and O–H groups in total. The lowest BCUT2D eigenvalue weighted by Crippen LogP contribution is -2.42. The van der Waals surface area contributed by atoms with E-state index < -0.39 is 0 Å². The van der Waals surface area contributed by atoms with Gasteiger partial charge in [-0.2, -0.15) is 0 Å². The summed E-state index contributed by atoms with van der Waals surface area (Å²) in [6.07, 6.45) is 0. The summed E-state index contributed by atoms with van der Waals surface area (Å²) in [4.78, 5) is 13.1. The summed E-state index contributed by atoms with van der Waals surface area (Å²) < 4.78 is 6.39. The zero-order valence-corrected chi connectivity index (χ0v) is 11.9. The Morgan fingerprint density at radius 1 is 1.59 bits per heavy atom. The van der Waals surface area contributed by atoms with Crippen LogP contribution in [0.4, 0.5) is 0 Å². The number of halogens is 1. The zero-order valence-electron chi connectivity index (χ0n) is 9.53. The molecular weight excluding hydrogens is 304 g/mol. The van der Waals surface area contributed by atoms with Crippen LogP contribution in [-0.4, -0.2) is 32.2 Å². The van der Waals surface area contributed by atoms with Crippen molar-refractivity contribution in [1.29, 1.82) is 0 Å². The molecule has 2 unspecified atom stereocenters. The third kappa shape index (κ3) is 3.28. The molecule has 0 aromatic carbocycles. The lowest BCUT2D eigenvalue weighted by Gasteiger charge is -2.15. The average Bonchev–Trinajstić information content (AvgIpc) is 2.94. The molecule has 0 saturated carbocycles. The Kier molecular flexibility index (Phi) is 4.55. The smallest absolute Gasteiger partial charge is 0.227 e. The molecule has 4 nitrogen and oxygen atoms in total. The molecule has 94 valence electrons. The van der Waals surface area contributed by atoms with Gasteiger partial charge in [-0.1, -0.05) is 0 Å². The Morgan fingerprint density at radius 3 is 3.06 bits per heavy atom. The van der Waals surface area contributed by atoms with Gasteiger partial charge in [-0.15, -0.1) is 11.3 Å². The Labute approximate surface area is 113 Å². The van der Waals surface area contributed by atoms with Crippen LogP contribution < -0.4 is 10.6 Å². The molecule has 1 aromatic heterocycles. The average molecular weight is 319 g/mol. The number of carbonyl (C=O) groups excluding carboxylic acids is 1. The van der Waals surface area contributed by atoms with Crippen LogP contribution >= 0.6 is 27.3 Å². The highest BCUT2D eigenvalue weighted by Gasteiger charge is 2.32. The predicted octanol–water partition coefficient (Wildman–Crippen LogP) is 1.36. The SMILES string of the molecule is CNC1COCC1C(=O)NCc1ccc(Br)s1. The van der Waals surface area contributed by atoms with Crippen LogP contribution in [0.1, 0.15) is 4.88 Å². The summed E-state index contributed by atoms with van der Waals surface area (Å²) in [6, 6.07) is 4.13. The summed E-state index contributed by atoms with van der Waals surface area (Å²) in [7, 11) is 1.86. The molecule has 0 spiro atoms. The number of likely N-dealkylation sites (N-methyl/N-ethyl adjacent to an activating group) is 1. The zero-order chi connectivity index (χ0) is 12.3. The van der Waals surface area contributed by atoms with Crippen molar-refractivity contribution in [2.24, 2.45) is 5.92 Å². The second-order valence-corrected chi connectivity index (χ2v) is 6.51. The van der Waals surface area contributed by atoms with Crippen molar-refractivity contribution in [1.82, 2.24) is 10.6 Å². The molecule has 2 rings (SSSR count). The molecule has 1 saturated heterocycles. The van der Waals surface area contributed by atoms with Crippen LogP contribution in [0.15, 0.2) is 15.9 Å². The van der Waals surface area contributed by atoms with Gasteiger partial charge in [0.2, 0.25) is 5.91 Å². The quantitative estimate of drug-likeness (QED) is 0.881. The van der Waals surface area contributed by atoms with Crippen molar-refractivity contribution in [3.8, 4) is 0 Å². The standard InChI is InChI=1S/C11H15BrN2O2S/c1-13-9-6-16-5-8(9)11(15)14-4-7-2-3-10(12)17-7/h2-3,8-9,13H,4-6H2,1H3,(H,14,15). The normalized spacial score (nSPS) is 23.9. The van der Waals surface area contributed by atoms with Gasteiger partial charge in [0.25, 0.3) is 0 Å².